The molecule has 0 aliphatic heterocycles. The fraction of sp³-hybridized carbons (Fsp3) is 0.364. The van der Waals surface area contributed by atoms with Crippen LogP contribution in [0.25, 0.3) is 0 Å². The van der Waals surface area contributed by atoms with E-state index in [2.05, 4.69) is 22.2 Å². The summed E-state index contributed by atoms with van der Waals surface area (Å²) >= 11 is 1.70. The van der Waals surface area contributed by atoms with Gasteiger partial charge in [0, 0.05) is 11.4 Å². The van der Waals surface area contributed by atoms with Crippen molar-refractivity contribution in [3.05, 3.63) is 29.8 Å². The number of nitrogens with one attached hydrogen (secondary N) is 1. The Hall–Kier alpha value is -1.00. The quantitative estimate of drug-likeness (QED) is 0.611. The van der Waals surface area contributed by atoms with Gasteiger partial charge < -0.3 is 10.1 Å². The molecule has 0 atom stereocenters. The number of carbonyl (C=O) groups excluding carboxylic acids is 1. The van der Waals surface area contributed by atoms with Gasteiger partial charge >= 0.3 is 5.97 Å². The number of methoxy groups -OCH3 is 1. The Kier molecular flexibility index (Phi) is 5.21. The summed E-state index contributed by atoms with van der Waals surface area (Å²) in [4.78, 5) is 12.1. The summed E-state index contributed by atoms with van der Waals surface area (Å²) in [7, 11) is 1.39. The molecule has 0 unspecified atom stereocenters. The molecule has 0 bridgehead atoms. The van der Waals surface area contributed by atoms with Gasteiger partial charge in [0.2, 0.25) is 0 Å². The molecule has 0 aliphatic rings. The SMILES string of the molecule is COC(=O)CNCc1ccccc1SC. The highest BCUT2D eigenvalue weighted by molar-refractivity contribution is 7.98. The lowest BCUT2D eigenvalue weighted by Crippen LogP contribution is -2.23. The first-order chi connectivity index (χ1) is 7.27. The number of carbonyl (C=O) groups is 1. The fourth-order valence-electron chi connectivity index (χ4n) is 1.22. The van der Waals surface area contributed by atoms with Crippen molar-refractivity contribution in [3.63, 3.8) is 0 Å². The summed E-state index contributed by atoms with van der Waals surface area (Å²) in [5.41, 5.74) is 1.20. The second-order valence-corrected chi connectivity index (χ2v) is 3.84. The monoisotopic (exact) mass is 225 g/mol. The minimum absolute atomic E-state index is 0.239. The molecule has 0 saturated carbocycles. The largest absolute Gasteiger partial charge is 0.468 e. The number of esters is 1. The van der Waals surface area contributed by atoms with Crippen LogP contribution in [-0.2, 0) is 16.1 Å². The van der Waals surface area contributed by atoms with Crippen LogP contribution in [0.3, 0.4) is 0 Å². The van der Waals surface area contributed by atoms with E-state index in [9.17, 15) is 4.79 Å². The Bertz CT molecular complexity index is 328. The Morgan fingerprint density at radius 3 is 2.87 bits per heavy atom. The van der Waals surface area contributed by atoms with E-state index in [1.807, 2.05) is 18.4 Å². The predicted octanol–water partition coefficient (Wildman–Crippen LogP) is 1.67. The molecule has 1 rings (SSSR count). The molecule has 0 aromatic heterocycles. The van der Waals surface area contributed by atoms with Crippen LogP contribution in [-0.4, -0.2) is 25.9 Å². The van der Waals surface area contributed by atoms with Crippen molar-refractivity contribution in [2.24, 2.45) is 0 Å². The smallest absolute Gasteiger partial charge is 0.319 e. The maximum Gasteiger partial charge on any atom is 0.319 e. The van der Waals surface area contributed by atoms with Gasteiger partial charge in [-0.15, -0.1) is 11.8 Å². The van der Waals surface area contributed by atoms with Crippen molar-refractivity contribution in [3.8, 4) is 0 Å². The molecule has 0 heterocycles. The lowest BCUT2D eigenvalue weighted by molar-refractivity contribution is -0.139. The zero-order valence-electron chi connectivity index (χ0n) is 8.95. The summed E-state index contributed by atoms with van der Waals surface area (Å²) in [5, 5.41) is 3.04. The minimum atomic E-state index is -0.239. The van der Waals surface area contributed by atoms with Crippen molar-refractivity contribution >= 4 is 17.7 Å². The van der Waals surface area contributed by atoms with Gasteiger partial charge in [0.05, 0.1) is 13.7 Å². The highest BCUT2D eigenvalue weighted by atomic mass is 32.2. The molecule has 0 radical (unpaired) electrons. The van der Waals surface area contributed by atoms with Gasteiger partial charge in [0.25, 0.3) is 0 Å². The fourth-order valence-corrected chi connectivity index (χ4v) is 1.84. The van der Waals surface area contributed by atoms with E-state index in [1.165, 1.54) is 17.6 Å². The van der Waals surface area contributed by atoms with Crippen LogP contribution in [0.5, 0.6) is 0 Å². The zero-order chi connectivity index (χ0) is 11.1. The van der Waals surface area contributed by atoms with Crippen LogP contribution in [0.2, 0.25) is 0 Å². The number of hydrogen-bond acceptors (Lipinski definition) is 4. The molecular weight excluding hydrogens is 210 g/mol. The molecule has 82 valence electrons. The van der Waals surface area contributed by atoms with Crippen LogP contribution in [0.1, 0.15) is 5.56 Å². The van der Waals surface area contributed by atoms with Gasteiger partial charge in [-0.05, 0) is 17.9 Å². The third-order valence-corrected chi connectivity index (χ3v) is 2.84. The van der Waals surface area contributed by atoms with Crippen LogP contribution < -0.4 is 5.32 Å². The molecule has 0 saturated heterocycles. The lowest BCUT2D eigenvalue weighted by atomic mass is 10.2. The first-order valence-electron chi connectivity index (χ1n) is 4.67. The average Bonchev–Trinajstić information content (AvgIpc) is 2.29. The molecule has 0 fully saturated rings. The van der Waals surface area contributed by atoms with Gasteiger partial charge in [0.15, 0.2) is 0 Å². The van der Waals surface area contributed by atoms with E-state index in [0.717, 1.165) is 0 Å². The van der Waals surface area contributed by atoms with E-state index in [1.54, 1.807) is 11.8 Å². The number of benzene rings is 1. The second kappa shape index (κ2) is 6.48. The second-order valence-electron chi connectivity index (χ2n) is 2.99. The first-order valence-corrected chi connectivity index (χ1v) is 5.90. The molecular formula is C11H15NO2S. The average molecular weight is 225 g/mol. The summed E-state index contributed by atoms with van der Waals surface area (Å²) in [6, 6.07) is 8.13. The maximum atomic E-state index is 10.9. The van der Waals surface area contributed by atoms with Crippen molar-refractivity contribution in [2.75, 3.05) is 19.9 Å². The number of thioether (sulfide) groups is 1. The topological polar surface area (TPSA) is 38.3 Å². The van der Waals surface area contributed by atoms with Crippen molar-refractivity contribution < 1.29 is 9.53 Å². The third-order valence-electron chi connectivity index (χ3n) is 2.00. The van der Waals surface area contributed by atoms with Crippen LogP contribution in [0.4, 0.5) is 0 Å². The van der Waals surface area contributed by atoms with E-state index < -0.39 is 0 Å². The summed E-state index contributed by atoms with van der Waals surface area (Å²) in [6.45, 7) is 0.936. The molecule has 0 amide bonds. The molecule has 4 heteroatoms. The lowest BCUT2D eigenvalue weighted by Gasteiger charge is -2.07. The standard InChI is InChI=1S/C11H15NO2S/c1-14-11(13)8-12-7-9-5-3-4-6-10(9)15-2/h3-6,12H,7-8H2,1-2H3. The molecule has 0 aliphatic carbocycles. The Labute approximate surface area is 94.2 Å². The van der Waals surface area contributed by atoms with Crippen molar-refractivity contribution in [1.29, 1.82) is 0 Å². The molecule has 15 heavy (non-hydrogen) atoms. The number of rotatable bonds is 5. The van der Waals surface area contributed by atoms with Crippen molar-refractivity contribution in [2.45, 2.75) is 11.4 Å². The van der Waals surface area contributed by atoms with Gasteiger partial charge in [0.1, 0.15) is 0 Å². The molecule has 1 aromatic rings. The van der Waals surface area contributed by atoms with E-state index in [4.69, 9.17) is 0 Å². The minimum Gasteiger partial charge on any atom is -0.468 e. The Balaban J connectivity index is 2.46. The molecule has 0 spiro atoms. The number of hydrogen-bond donors (Lipinski definition) is 1. The van der Waals surface area contributed by atoms with Crippen molar-refractivity contribution in [1.82, 2.24) is 5.32 Å². The zero-order valence-corrected chi connectivity index (χ0v) is 9.76. The molecule has 3 nitrogen and oxygen atoms in total. The highest BCUT2D eigenvalue weighted by Crippen LogP contribution is 2.19. The van der Waals surface area contributed by atoms with Gasteiger partial charge in [-0.3, -0.25) is 4.79 Å². The summed E-state index contributed by atoms with van der Waals surface area (Å²) in [6.07, 6.45) is 2.04. The van der Waals surface area contributed by atoms with Gasteiger partial charge in [-0.1, -0.05) is 18.2 Å². The molecule has 1 N–H and O–H groups in total. The predicted molar refractivity (Wildman–Crippen MR) is 61.9 cm³/mol. The highest BCUT2D eigenvalue weighted by Gasteiger charge is 2.02. The normalized spacial score (nSPS) is 10.0. The summed E-state index contributed by atoms with van der Waals surface area (Å²) < 4.78 is 4.54. The number of ether oxygens (including phenoxy) is 1. The molecule has 1 aromatic carbocycles. The van der Waals surface area contributed by atoms with E-state index in [0.29, 0.717) is 6.54 Å². The van der Waals surface area contributed by atoms with Crippen LogP contribution in [0.15, 0.2) is 29.2 Å². The van der Waals surface area contributed by atoms with E-state index in [-0.39, 0.29) is 12.5 Å². The summed E-state index contributed by atoms with van der Waals surface area (Å²) in [5.74, 6) is -0.239. The van der Waals surface area contributed by atoms with Crippen LogP contribution in [0, 0.1) is 0 Å². The Morgan fingerprint density at radius 1 is 1.47 bits per heavy atom. The van der Waals surface area contributed by atoms with Gasteiger partial charge in [-0.25, -0.2) is 0 Å². The first kappa shape index (κ1) is 12.1. The maximum absolute atomic E-state index is 10.9. The van der Waals surface area contributed by atoms with E-state index >= 15 is 0 Å². The van der Waals surface area contributed by atoms with Crippen LogP contribution >= 0.6 is 11.8 Å². The third kappa shape index (κ3) is 3.93. The Morgan fingerprint density at radius 2 is 2.20 bits per heavy atom. The van der Waals surface area contributed by atoms with Gasteiger partial charge in [-0.2, -0.15) is 0 Å².